The molecule has 114 valence electrons. The van der Waals surface area contributed by atoms with Crippen LogP contribution in [0, 0.1) is 18.7 Å². The van der Waals surface area contributed by atoms with Crippen LogP contribution in [0.15, 0.2) is 18.2 Å². The predicted molar refractivity (Wildman–Crippen MR) is 79.5 cm³/mol. The van der Waals surface area contributed by atoms with Crippen LogP contribution in [0.25, 0.3) is 0 Å². The molecule has 0 radical (unpaired) electrons. The van der Waals surface area contributed by atoms with Crippen molar-refractivity contribution in [2.75, 3.05) is 11.4 Å². The monoisotopic (exact) mass is 292 g/mol. The molecule has 0 bridgehead atoms. The third kappa shape index (κ3) is 3.40. The van der Waals surface area contributed by atoms with Gasteiger partial charge in [0.2, 0.25) is 11.8 Å². The molecule has 4 nitrogen and oxygen atoms in total. The molecule has 1 saturated heterocycles. The molecule has 1 aliphatic rings. The van der Waals surface area contributed by atoms with Gasteiger partial charge in [0.1, 0.15) is 11.7 Å². The summed E-state index contributed by atoms with van der Waals surface area (Å²) in [6.07, 6.45) is 0.455. The number of carbonyl (C=O) groups is 2. The maximum atomic E-state index is 13.6. The first-order valence-corrected chi connectivity index (χ1v) is 7.08. The Morgan fingerprint density at radius 2 is 2.05 bits per heavy atom. The van der Waals surface area contributed by atoms with Crippen LogP contribution in [0.2, 0.25) is 0 Å². The highest BCUT2D eigenvalue weighted by atomic mass is 19.1. The molecule has 1 atom stereocenters. The van der Waals surface area contributed by atoms with E-state index in [4.69, 9.17) is 0 Å². The Bertz CT molecular complexity index is 578. The molecule has 1 aromatic carbocycles. The van der Waals surface area contributed by atoms with E-state index < -0.39 is 5.92 Å². The Kier molecular flexibility index (Phi) is 4.03. The van der Waals surface area contributed by atoms with Gasteiger partial charge in [-0.3, -0.25) is 9.59 Å². The largest absolute Gasteiger partial charge is 0.351 e. The van der Waals surface area contributed by atoms with Gasteiger partial charge in [-0.1, -0.05) is 6.07 Å². The van der Waals surface area contributed by atoms with Gasteiger partial charge in [-0.05, 0) is 51.8 Å². The zero-order chi connectivity index (χ0) is 15.8. The number of anilines is 1. The number of carbonyl (C=O) groups excluding carboxylic acids is 2. The number of hydrogen-bond donors (Lipinski definition) is 1. The zero-order valence-corrected chi connectivity index (χ0v) is 12.9. The highest BCUT2D eigenvalue weighted by molar-refractivity contribution is 6.09. The number of benzene rings is 1. The normalized spacial score (nSPS) is 19.0. The molecular formula is C16H21FN2O2. The van der Waals surface area contributed by atoms with Gasteiger partial charge in [0.25, 0.3) is 0 Å². The van der Waals surface area contributed by atoms with Gasteiger partial charge in [0.05, 0.1) is 0 Å². The summed E-state index contributed by atoms with van der Waals surface area (Å²) in [6.45, 7) is 7.72. The van der Waals surface area contributed by atoms with Crippen molar-refractivity contribution in [2.24, 2.45) is 5.92 Å². The van der Waals surface area contributed by atoms with E-state index in [1.54, 1.807) is 19.1 Å². The number of nitrogens with one attached hydrogen (secondary N) is 1. The van der Waals surface area contributed by atoms with E-state index in [0.29, 0.717) is 24.2 Å². The van der Waals surface area contributed by atoms with Crippen LogP contribution < -0.4 is 10.2 Å². The summed E-state index contributed by atoms with van der Waals surface area (Å²) in [7, 11) is 0. The number of amides is 2. The van der Waals surface area contributed by atoms with Crippen molar-refractivity contribution >= 4 is 17.5 Å². The summed E-state index contributed by atoms with van der Waals surface area (Å²) >= 11 is 0. The van der Waals surface area contributed by atoms with Crippen molar-refractivity contribution in [3.8, 4) is 0 Å². The van der Waals surface area contributed by atoms with Crippen LogP contribution in [-0.2, 0) is 9.59 Å². The molecule has 1 aliphatic heterocycles. The lowest BCUT2D eigenvalue weighted by molar-refractivity contribution is -0.133. The van der Waals surface area contributed by atoms with Crippen LogP contribution in [0.4, 0.5) is 10.1 Å². The Morgan fingerprint density at radius 1 is 1.38 bits per heavy atom. The highest BCUT2D eigenvalue weighted by Crippen LogP contribution is 2.27. The van der Waals surface area contributed by atoms with Crippen LogP contribution >= 0.6 is 0 Å². The van der Waals surface area contributed by atoms with E-state index >= 15 is 0 Å². The van der Waals surface area contributed by atoms with Crippen molar-refractivity contribution in [3.63, 3.8) is 0 Å². The summed E-state index contributed by atoms with van der Waals surface area (Å²) in [5.74, 6) is -1.56. The smallest absolute Gasteiger partial charge is 0.239 e. The fraction of sp³-hybridized carbons (Fsp3) is 0.500. The predicted octanol–water partition coefficient (Wildman–Crippen LogP) is 2.40. The quantitative estimate of drug-likeness (QED) is 0.851. The highest BCUT2D eigenvalue weighted by Gasteiger charge is 2.38. The van der Waals surface area contributed by atoms with Crippen LogP contribution in [0.5, 0.6) is 0 Å². The van der Waals surface area contributed by atoms with Crippen LogP contribution in [0.1, 0.15) is 32.8 Å². The second-order valence-corrected chi connectivity index (χ2v) is 6.50. The van der Waals surface area contributed by atoms with Gasteiger partial charge >= 0.3 is 0 Å². The number of rotatable bonds is 2. The molecule has 1 heterocycles. The molecule has 2 rings (SSSR count). The van der Waals surface area contributed by atoms with Gasteiger partial charge < -0.3 is 10.2 Å². The van der Waals surface area contributed by atoms with Crippen LogP contribution in [0.3, 0.4) is 0 Å². The Morgan fingerprint density at radius 3 is 2.62 bits per heavy atom. The number of halogens is 1. The van der Waals surface area contributed by atoms with Crippen molar-refractivity contribution in [3.05, 3.63) is 29.6 Å². The maximum absolute atomic E-state index is 13.6. The number of hydrogen-bond acceptors (Lipinski definition) is 2. The fourth-order valence-corrected chi connectivity index (χ4v) is 2.39. The van der Waals surface area contributed by atoms with Gasteiger partial charge in [-0.15, -0.1) is 0 Å². The third-order valence-electron chi connectivity index (χ3n) is 3.49. The molecule has 0 spiro atoms. The standard InChI is InChI=1S/C16H21FN2O2/c1-10-5-6-11(9-13(10)17)19-8-7-12(15(19)21)14(20)18-16(2,3)4/h5-6,9,12H,7-8H2,1-4H3,(H,18,20). The number of nitrogens with zero attached hydrogens (tertiary/aromatic N) is 1. The zero-order valence-electron chi connectivity index (χ0n) is 12.9. The summed E-state index contributed by atoms with van der Waals surface area (Å²) in [4.78, 5) is 26.0. The molecule has 0 aliphatic carbocycles. The summed E-state index contributed by atoms with van der Waals surface area (Å²) in [5, 5.41) is 2.82. The van der Waals surface area contributed by atoms with E-state index in [-0.39, 0.29) is 23.2 Å². The lowest BCUT2D eigenvalue weighted by Gasteiger charge is -2.23. The SMILES string of the molecule is Cc1ccc(N2CCC(C(=O)NC(C)(C)C)C2=O)cc1F. The molecule has 1 N–H and O–H groups in total. The lowest BCUT2D eigenvalue weighted by Crippen LogP contribution is -2.45. The fourth-order valence-electron chi connectivity index (χ4n) is 2.39. The van der Waals surface area contributed by atoms with E-state index in [9.17, 15) is 14.0 Å². The summed E-state index contributed by atoms with van der Waals surface area (Å²) < 4.78 is 13.6. The van der Waals surface area contributed by atoms with E-state index in [2.05, 4.69) is 5.32 Å². The minimum Gasteiger partial charge on any atom is -0.351 e. The molecule has 1 fully saturated rings. The first kappa shape index (κ1) is 15.5. The van der Waals surface area contributed by atoms with E-state index in [1.807, 2.05) is 20.8 Å². The van der Waals surface area contributed by atoms with Crippen molar-refractivity contribution < 1.29 is 14.0 Å². The lowest BCUT2D eigenvalue weighted by atomic mass is 10.0. The topological polar surface area (TPSA) is 49.4 Å². The second-order valence-electron chi connectivity index (χ2n) is 6.50. The average molecular weight is 292 g/mol. The van der Waals surface area contributed by atoms with Gasteiger partial charge in [-0.25, -0.2) is 4.39 Å². The molecule has 1 unspecified atom stereocenters. The molecule has 21 heavy (non-hydrogen) atoms. The Balaban J connectivity index is 2.14. The average Bonchev–Trinajstić information content (AvgIpc) is 2.73. The molecule has 1 aromatic rings. The first-order chi connectivity index (χ1) is 9.69. The first-order valence-electron chi connectivity index (χ1n) is 7.08. The van der Waals surface area contributed by atoms with E-state index in [1.165, 1.54) is 11.0 Å². The van der Waals surface area contributed by atoms with Gasteiger partial charge in [0, 0.05) is 17.8 Å². The van der Waals surface area contributed by atoms with Crippen molar-refractivity contribution in [1.29, 1.82) is 0 Å². The van der Waals surface area contributed by atoms with E-state index in [0.717, 1.165) is 0 Å². The molecule has 0 saturated carbocycles. The molecular weight excluding hydrogens is 271 g/mol. The number of aryl methyl sites for hydroxylation is 1. The molecule has 5 heteroatoms. The summed E-state index contributed by atoms with van der Waals surface area (Å²) in [5.41, 5.74) is 0.669. The minimum absolute atomic E-state index is 0.261. The third-order valence-corrected chi connectivity index (χ3v) is 3.49. The minimum atomic E-state index is -0.686. The van der Waals surface area contributed by atoms with Crippen LogP contribution in [-0.4, -0.2) is 23.9 Å². The second kappa shape index (κ2) is 5.47. The van der Waals surface area contributed by atoms with Crippen molar-refractivity contribution in [2.45, 2.75) is 39.7 Å². The van der Waals surface area contributed by atoms with Crippen molar-refractivity contribution in [1.82, 2.24) is 5.32 Å². The Labute approximate surface area is 124 Å². The van der Waals surface area contributed by atoms with Gasteiger partial charge in [0.15, 0.2) is 0 Å². The Hall–Kier alpha value is -1.91. The van der Waals surface area contributed by atoms with Gasteiger partial charge in [-0.2, -0.15) is 0 Å². The summed E-state index contributed by atoms with van der Waals surface area (Å²) in [6, 6.07) is 4.69. The molecule has 0 aromatic heterocycles. The maximum Gasteiger partial charge on any atom is 0.239 e. The molecule has 2 amide bonds.